The van der Waals surface area contributed by atoms with Gasteiger partial charge in [0.1, 0.15) is 13.2 Å². The largest absolute Gasteiger partial charge is 0.462 e. The lowest BCUT2D eigenvalue weighted by Gasteiger charge is -2.18. The van der Waals surface area contributed by atoms with Crippen LogP contribution in [0.2, 0.25) is 0 Å². The Morgan fingerprint density at radius 3 is 0.875 bits per heavy atom. The molecule has 0 fully saturated rings. The van der Waals surface area contributed by atoms with Gasteiger partial charge in [0.05, 0.1) is 0 Å². The Balaban J connectivity index is 4.55. The van der Waals surface area contributed by atoms with Crippen molar-refractivity contribution in [3.8, 4) is 0 Å². The molecular weight excluding hydrogens is 889 g/mol. The maximum Gasteiger partial charge on any atom is 0.306 e. The van der Waals surface area contributed by atoms with Crippen LogP contribution in [0.1, 0.15) is 233 Å². The van der Waals surface area contributed by atoms with Gasteiger partial charge in [-0.1, -0.05) is 269 Å². The monoisotopic (exact) mass is 993 g/mol. The fourth-order valence-electron chi connectivity index (χ4n) is 7.48. The van der Waals surface area contributed by atoms with Crippen molar-refractivity contribution < 1.29 is 28.6 Å². The molecule has 0 amide bonds. The van der Waals surface area contributed by atoms with E-state index in [-0.39, 0.29) is 37.5 Å². The molecule has 0 N–H and O–H groups in total. The fourth-order valence-corrected chi connectivity index (χ4v) is 7.48. The van der Waals surface area contributed by atoms with Gasteiger partial charge in [-0.05, 0) is 89.9 Å². The van der Waals surface area contributed by atoms with Crippen molar-refractivity contribution in [1.82, 2.24) is 0 Å². The van der Waals surface area contributed by atoms with Gasteiger partial charge in [0.2, 0.25) is 0 Å². The lowest BCUT2D eigenvalue weighted by molar-refractivity contribution is -0.167. The highest BCUT2D eigenvalue weighted by atomic mass is 16.6. The van der Waals surface area contributed by atoms with Gasteiger partial charge in [-0.25, -0.2) is 0 Å². The summed E-state index contributed by atoms with van der Waals surface area (Å²) in [5.74, 6) is -0.987. The highest BCUT2D eigenvalue weighted by molar-refractivity contribution is 5.71. The molecule has 0 heterocycles. The van der Waals surface area contributed by atoms with Crippen LogP contribution < -0.4 is 0 Å². The second kappa shape index (κ2) is 58.9. The number of rotatable bonds is 50. The molecule has 0 aliphatic rings. The zero-order chi connectivity index (χ0) is 52.2. The zero-order valence-electron chi connectivity index (χ0n) is 46.1. The van der Waals surface area contributed by atoms with Crippen molar-refractivity contribution in [3.05, 3.63) is 146 Å². The molecule has 0 aromatic carbocycles. The molecule has 0 aromatic heterocycles. The van der Waals surface area contributed by atoms with Crippen molar-refractivity contribution >= 4 is 17.9 Å². The SMILES string of the molecule is CC\C=C/C=C\C=C/C=C\C=C\C=C/CCCCCC(=O)OCC(COC(=O)CCCCCCCCCCCC/C=C\C=C/CCCCC)OC(=O)CCCCCCC\C=C/C=C\C=C/C=C\CCCCC. The molecule has 6 heteroatoms. The first kappa shape index (κ1) is 67.3. The fraction of sp³-hybridized carbons (Fsp3) is 0.591. The summed E-state index contributed by atoms with van der Waals surface area (Å²) in [6.45, 7) is 6.36. The van der Waals surface area contributed by atoms with Crippen LogP contribution >= 0.6 is 0 Å². The first-order valence-electron chi connectivity index (χ1n) is 29.0. The van der Waals surface area contributed by atoms with Crippen molar-refractivity contribution in [2.24, 2.45) is 0 Å². The number of hydrogen-bond donors (Lipinski definition) is 0. The molecule has 0 saturated carbocycles. The molecule has 404 valence electrons. The van der Waals surface area contributed by atoms with Crippen LogP contribution in [0.3, 0.4) is 0 Å². The van der Waals surface area contributed by atoms with Crippen LogP contribution in [0.5, 0.6) is 0 Å². The maximum absolute atomic E-state index is 12.9. The van der Waals surface area contributed by atoms with Crippen molar-refractivity contribution in [2.45, 2.75) is 239 Å². The summed E-state index contributed by atoms with van der Waals surface area (Å²) in [7, 11) is 0. The van der Waals surface area contributed by atoms with Crippen LogP contribution in [-0.2, 0) is 28.6 Å². The van der Waals surface area contributed by atoms with E-state index >= 15 is 0 Å². The van der Waals surface area contributed by atoms with Gasteiger partial charge >= 0.3 is 17.9 Å². The number of allylic oxidation sites excluding steroid dienone is 24. The average Bonchev–Trinajstić information content (AvgIpc) is 3.38. The summed E-state index contributed by atoms with van der Waals surface area (Å²) in [4.78, 5) is 38.2. The summed E-state index contributed by atoms with van der Waals surface area (Å²) < 4.78 is 16.8. The van der Waals surface area contributed by atoms with E-state index in [4.69, 9.17) is 14.2 Å². The number of carbonyl (C=O) groups excluding carboxylic acids is 3. The van der Waals surface area contributed by atoms with Gasteiger partial charge in [-0.15, -0.1) is 0 Å². The summed E-state index contributed by atoms with van der Waals surface area (Å²) in [5.41, 5.74) is 0. The van der Waals surface area contributed by atoms with E-state index in [0.29, 0.717) is 12.8 Å². The van der Waals surface area contributed by atoms with Crippen molar-refractivity contribution in [3.63, 3.8) is 0 Å². The molecule has 0 aliphatic carbocycles. The van der Waals surface area contributed by atoms with Gasteiger partial charge in [-0.3, -0.25) is 14.4 Å². The molecule has 0 spiro atoms. The van der Waals surface area contributed by atoms with E-state index < -0.39 is 6.10 Å². The van der Waals surface area contributed by atoms with Crippen LogP contribution in [0.25, 0.3) is 0 Å². The molecule has 0 saturated heterocycles. The maximum atomic E-state index is 12.9. The molecule has 0 aliphatic heterocycles. The number of ether oxygens (including phenoxy) is 3. The Morgan fingerprint density at radius 2 is 0.542 bits per heavy atom. The van der Waals surface area contributed by atoms with Crippen LogP contribution in [0.15, 0.2) is 146 Å². The first-order valence-corrected chi connectivity index (χ1v) is 29.0. The van der Waals surface area contributed by atoms with E-state index in [1.165, 1.54) is 96.3 Å². The lowest BCUT2D eigenvalue weighted by Crippen LogP contribution is -2.30. The smallest absolute Gasteiger partial charge is 0.306 e. The van der Waals surface area contributed by atoms with Crippen LogP contribution in [0.4, 0.5) is 0 Å². The Morgan fingerprint density at radius 1 is 0.292 bits per heavy atom. The lowest BCUT2D eigenvalue weighted by atomic mass is 10.1. The molecule has 6 nitrogen and oxygen atoms in total. The number of hydrogen-bond acceptors (Lipinski definition) is 6. The van der Waals surface area contributed by atoms with E-state index in [1.807, 2.05) is 60.8 Å². The summed E-state index contributed by atoms with van der Waals surface area (Å²) in [5, 5.41) is 0. The summed E-state index contributed by atoms with van der Waals surface area (Å²) in [6.07, 6.45) is 83.9. The van der Waals surface area contributed by atoms with Gasteiger partial charge in [0.15, 0.2) is 6.10 Å². The van der Waals surface area contributed by atoms with E-state index in [9.17, 15) is 14.4 Å². The van der Waals surface area contributed by atoms with E-state index in [1.54, 1.807) is 0 Å². The molecule has 1 atom stereocenters. The third-order valence-corrected chi connectivity index (χ3v) is 11.8. The summed E-state index contributed by atoms with van der Waals surface area (Å²) in [6, 6.07) is 0. The van der Waals surface area contributed by atoms with Crippen molar-refractivity contribution in [2.75, 3.05) is 13.2 Å². The Hall–Kier alpha value is -4.71. The Kier molecular flexibility index (Phi) is 55.0. The van der Waals surface area contributed by atoms with E-state index in [0.717, 1.165) is 96.3 Å². The molecule has 0 rings (SSSR count). The molecule has 0 aromatic rings. The average molecular weight is 994 g/mol. The van der Waals surface area contributed by atoms with E-state index in [2.05, 4.69) is 106 Å². The zero-order valence-corrected chi connectivity index (χ0v) is 46.1. The highest BCUT2D eigenvalue weighted by Crippen LogP contribution is 2.14. The first-order chi connectivity index (χ1) is 35.5. The highest BCUT2D eigenvalue weighted by Gasteiger charge is 2.19. The van der Waals surface area contributed by atoms with Crippen LogP contribution in [-0.4, -0.2) is 37.2 Å². The summed E-state index contributed by atoms with van der Waals surface area (Å²) >= 11 is 0. The normalized spacial score (nSPS) is 13.2. The predicted octanol–water partition coefficient (Wildman–Crippen LogP) is 19.6. The Labute approximate surface area is 442 Å². The Bertz CT molecular complexity index is 1610. The standard InChI is InChI=1S/C66H104O6/c1-4-7-10-13-16-19-22-25-28-31-33-36-38-41-44-47-50-53-56-59-65(68)71-62-63(61-70-64(67)58-55-52-49-46-43-40-37-34-30-27-24-21-18-15-12-9-6-3)72-66(69)60-57-54-51-48-45-42-39-35-32-29-26-23-20-17-14-11-8-5-2/h9,12,15-27,29-30,32,34-35,37,39-40,43,63H,4-8,10-11,13-14,28,31,33,36,38,41-42,44-62H2,1-3H3/b12-9-,18-15-,19-16-,20-17-,24-21-,25-22-,26-23-,30-27-,32-29-,37-34+,39-35-,43-40-. The van der Waals surface area contributed by atoms with Crippen molar-refractivity contribution in [1.29, 1.82) is 0 Å². The van der Waals surface area contributed by atoms with Gasteiger partial charge < -0.3 is 14.2 Å². The number of esters is 3. The molecule has 1 unspecified atom stereocenters. The number of carbonyl (C=O) groups is 3. The van der Waals surface area contributed by atoms with Gasteiger partial charge in [-0.2, -0.15) is 0 Å². The minimum Gasteiger partial charge on any atom is -0.462 e. The third kappa shape index (κ3) is 56.2. The molecule has 0 radical (unpaired) electrons. The number of unbranched alkanes of at least 4 members (excludes halogenated alkanes) is 24. The van der Waals surface area contributed by atoms with Gasteiger partial charge in [0.25, 0.3) is 0 Å². The second-order valence-corrected chi connectivity index (χ2v) is 18.7. The minimum atomic E-state index is -0.818. The van der Waals surface area contributed by atoms with Gasteiger partial charge in [0, 0.05) is 19.3 Å². The second-order valence-electron chi connectivity index (χ2n) is 18.7. The third-order valence-electron chi connectivity index (χ3n) is 11.8. The predicted molar refractivity (Wildman–Crippen MR) is 311 cm³/mol. The minimum absolute atomic E-state index is 0.110. The molecule has 72 heavy (non-hydrogen) atoms. The molecule has 0 bridgehead atoms. The quantitative estimate of drug-likeness (QED) is 0.0261. The molecular formula is C66H104O6. The van der Waals surface area contributed by atoms with Crippen LogP contribution in [0, 0.1) is 0 Å². The topological polar surface area (TPSA) is 78.9 Å².